The smallest absolute Gasteiger partial charge is 0.250 e. The Labute approximate surface area is 96.4 Å². The van der Waals surface area contributed by atoms with Gasteiger partial charge in [-0.05, 0) is 32.1 Å². The fourth-order valence-corrected chi connectivity index (χ4v) is 1.63. The number of hydrogen-bond donors (Lipinski definition) is 2. The van der Waals surface area contributed by atoms with Gasteiger partial charge in [-0.3, -0.25) is 4.79 Å². The van der Waals surface area contributed by atoms with Crippen molar-refractivity contribution in [2.24, 2.45) is 5.73 Å². The van der Waals surface area contributed by atoms with Crippen molar-refractivity contribution in [3.05, 3.63) is 29.8 Å². The Balaban J connectivity index is 2.74. The number of anilines is 1. The quantitative estimate of drug-likeness (QED) is 0.700. The molecule has 1 rings (SSSR count). The van der Waals surface area contributed by atoms with Crippen molar-refractivity contribution < 1.29 is 4.79 Å². The van der Waals surface area contributed by atoms with E-state index in [1.54, 1.807) is 6.07 Å². The molecule has 0 spiro atoms. The number of nitrogens with two attached hydrogens (primary N) is 1. The maximum atomic E-state index is 11.2. The summed E-state index contributed by atoms with van der Waals surface area (Å²) in [5.41, 5.74) is 6.80. The minimum absolute atomic E-state index is 0.379. The zero-order valence-corrected chi connectivity index (χ0v) is 9.86. The van der Waals surface area contributed by atoms with Crippen LogP contribution in [0, 0.1) is 0 Å². The Morgan fingerprint density at radius 2 is 2.12 bits per heavy atom. The van der Waals surface area contributed by atoms with Gasteiger partial charge in [0.05, 0.1) is 5.56 Å². The van der Waals surface area contributed by atoms with Crippen LogP contribution >= 0.6 is 0 Å². The fraction of sp³-hybridized carbons (Fsp3) is 0.417. The van der Waals surface area contributed by atoms with Gasteiger partial charge < -0.3 is 16.0 Å². The van der Waals surface area contributed by atoms with Crippen LogP contribution in [0.3, 0.4) is 0 Å². The molecule has 88 valence electrons. The van der Waals surface area contributed by atoms with Crippen molar-refractivity contribution in [3.8, 4) is 0 Å². The number of carbonyl (C=O) groups is 1. The van der Waals surface area contributed by atoms with Gasteiger partial charge in [0.25, 0.3) is 5.91 Å². The molecule has 0 radical (unpaired) electrons. The van der Waals surface area contributed by atoms with Gasteiger partial charge in [-0.15, -0.1) is 0 Å². The van der Waals surface area contributed by atoms with E-state index >= 15 is 0 Å². The second-order valence-electron chi connectivity index (χ2n) is 3.76. The molecular formula is C12H19N3O. The highest BCUT2D eigenvalue weighted by Crippen LogP contribution is 2.18. The first-order valence-electron chi connectivity index (χ1n) is 5.41. The van der Waals surface area contributed by atoms with Crippen molar-refractivity contribution in [3.63, 3.8) is 0 Å². The summed E-state index contributed by atoms with van der Waals surface area (Å²) in [5, 5.41) is 3.09. The molecule has 16 heavy (non-hydrogen) atoms. The SMILES string of the molecule is CNCCCN(C)c1ccccc1C(N)=O. The highest BCUT2D eigenvalue weighted by molar-refractivity contribution is 5.98. The molecule has 0 saturated heterocycles. The van der Waals surface area contributed by atoms with E-state index in [-0.39, 0.29) is 5.91 Å². The molecule has 1 aromatic carbocycles. The maximum absolute atomic E-state index is 11.2. The van der Waals surface area contributed by atoms with Gasteiger partial charge in [0.1, 0.15) is 0 Å². The van der Waals surface area contributed by atoms with Gasteiger partial charge in [-0.2, -0.15) is 0 Å². The third kappa shape index (κ3) is 3.24. The van der Waals surface area contributed by atoms with Crippen LogP contribution in [0.25, 0.3) is 0 Å². The number of nitrogens with one attached hydrogen (secondary N) is 1. The lowest BCUT2D eigenvalue weighted by molar-refractivity contribution is 0.100. The first-order chi connectivity index (χ1) is 7.66. The second-order valence-corrected chi connectivity index (χ2v) is 3.76. The summed E-state index contributed by atoms with van der Waals surface area (Å²) >= 11 is 0. The van der Waals surface area contributed by atoms with E-state index in [4.69, 9.17) is 5.73 Å². The standard InChI is InChI=1S/C12H19N3O/c1-14-8-5-9-15(2)11-7-4-3-6-10(11)12(13)16/h3-4,6-7,14H,5,8-9H2,1-2H3,(H2,13,16). The van der Waals surface area contributed by atoms with Crippen LogP contribution in [0.2, 0.25) is 0 Å². The van der Waals surface area contributed by atoms with Crippen molar-refractivity contribution in [1.29, 1.82) is 0 Å². The molecule has 0 aromatic heterocycles. The van der Waals surface area contributed by atoms with Gasteiger partial charge in [0.2, 0.25) is 0 Å². The molecule has 0 unspecified atom stereocenters. The minimum Gasteiger partial charge on any atom is -0.374 e. The van der Waals surface area contributed by atoms with E-state index in [9.17, 15) is 4.79 Å². The predicted octanol–water partition coefficient (Wildman–Crippen LogP) is 0.831. The Morgan fingerprint density at radius 3 is 2.75 bits per heavy atom. The normalized spacial score (nSPS) is 10.1. The van der Waals surface area contributed by atoms with Crippen LogP contribution in [-0.4, -0.2) is 33.1 Å². The van der Waals surface area contributed by atoms with Crippen LogP contribution in [0.15, 0.2) is 24.3 Å². The summed E-state index contributed by atoms with van der Waals surface area (Å²) in [7, 11) is 3.90. The Kier molecular flexibility index (Phi) is 4.79. The zero-order valence-electron chi connectivity index (χ0n) is 9.86. The second kappa shape index (κ2) is 6.12. The molecule has 0 heterocycles. The number of rotatable bonds is 6. The highest BCUT2D eigenvalue weighted by Gasteiger charge is 2.10. The van der Waals surface area contributed by atoms with E-state index in [2.05, 4.69) is 10.2 Å². The van der Waals surface area contributed by atoms with Crippen molar-refractivity contribution >= 4 is 11.6 Å². The monoisotopic (exact) mass is 221 g/mol. The molecule has 0 aliphatic carbocycles. The summed E-state index contributed by atoms with van der Waals surface area (Å²) in [6, 6.07) is 7.41. The average molecular weight is 221 g/mol. The average Bonchev–Trinajstić information content (AvgIpc) is 2.29. The molecule has 0 atom stereocenters. The Bertz CT molecular complexity index is 352. The van der Waals surface area contributed by atoms with Crippen molar-refractivity contribution in [1.82, 2.24) is 5.32 Å². The molecule has 0 bridgehead atoms. The number of carbonyl (C=O) groups excluding carboxylic acids is 1. The van der Waals surface area contributed by atoms with Gasteiger partial charge in [0.15, 0.2) is 0 Å². The third-order valence-corrected chi connectivity index (χ3v) is 2.50. The van der Waals surface area contributed by atoms with E-state index in [1.807, 2.05) is 32.3 Å². The highest BCUT2D eigenvalue weighted by atomic mass is 16.1. The lowest BCUT2D eigenvalue weighted by Crippen LogP contribution is -2.25. The number of primary amides is 1. The van der Waals surface area contributed by atoms with Gasteiger partial charge >= 0.3 is 0 Å². The number of para-hydroxylation sites is 1. The van der Waals surface area contributed by atoms with E-state index in [1.165, 1.54) is 0 Å². The molecule has 4 nitrogen and oxygen atoms in total. The third-order valence-electron chi connectivity index (χ3n) is 2.50. The molecular weight excluding hydrogens is 202 g/mol. The predicted molar refractivity (Wildman–Crippen MR) is 66.8 cm³/mol. The van der Waals surface area contributed by atoms with Crippen LogP contribution in [0.1, 0.15) is 16.8 Å². The Hall–Kier alpha value is -1.55. The molecule has 0 saturated carbocycles. The molecule has 1 aromatic rings. The van der Waals surface area contributed by atoms with Crippen molar-refractivity contribution in [2.45, 2.75) is 6.42 Å². The van der Waals surface area contributed by atoms with Crippen LogP contribution in [0.4, 0.5) is 5.69 Å². The summed E-state index contributed by atoms with van der Waals surface area (Å²) in [6.45, 7) is 1.86. The number of hydrogen-bond acceptors (Lipinski definition) is 3. The number of amides is 1. The first kappa shape index (κ1) is 12.5. The largest absolute Gasteiger partial charge is 0.374 e. The minimum atomic E-state index is -0.379. The molecule has 4 heteroatoms. The van der Waals surface area contributed by atoms with Gasteiger partial charge in [-0.1, -0.05) is 12.1 Å². The molecule has 0 fully saturated rings. The summed E-state index contributed by atoms with van der Waals surface area (Å²) in [5.74, 6) is -0.379. The molecule has 3 N–H and O–H groups in total. The lowest BCUT2D eigenvalue weighted by atomic mass is 10.1. The summed E-state index contributed by atoms with van der Waals surface area (Å²) in [6.07, 6.45) is 1.03. The molecule has 0 aliphatic rings. The van der Waals surface area contributed by atoms with Crippen LogP contribution in [-0.2, 0) is 0 Å². The number of nitrogens with zero attached hydrogens (tertiary/aromatic N) is 1. The van der Waals surface area contributed by atoms with Crippen molar-refractivity contribution in [2.75, 3.05) is 32.1 Å². The van der Waals surface area contributed by atoms with E-state index in [0.29, 0.717) is 5.56 Å². The van der Waals surface area contributed by atoms with Crippen LogP contribution in [0.5, 0.6) is 0 Å². The number of benzene rings is 1. The maximum Gasteiger partial charge on any atom is 0.250 e. The van der Waals surface area contributed by atoms with E-state index < -0.39 is 0 Å². The molecule has 1 amide bonds. The summed E-state index contributed by atoms with van der Waals surface area (Å²) in [4.78, 5) is 13.3. The topological polar surface area (TPSA) is 58.4 Å². The molecule has 0 aliphatic heterocycles. The van der Waals surface area contributed by atoms with E-state index in [0.717, 1.165) is 25.2 Å². The lowest BCUT2D eigenvalue weighted by Gasteiger charge is -2.21. The van der Waals surface area contributed by atoms with Crippen LogP contribution < -0.4 is 16.0 Å². The first-order valence-corrected chi connectivity index (χ1v) is 5.41. The zero-order chi connectivity index (χ0) is 12.0. The fourth-order valence-electron chi connectivity index (χ4n) is 1.63. The van der Waals surface area contributed by atoms with Gasteiger partial charge in [0, 0.05) is 19.3 Å². The summed E-state index contributed by atoms with van der Waals surface area (Å²) < 4.78 is 0. The van der Waals surface area contributed by atoms with Gasteiger partial charge in [-0.25, -0.2) is 0 Å². The Morgan fingerprint density at radius 1 is 1.44 bits per heavy atom.